The molecule has 1 aromatic heterocycles. The lowest BCUT2D eigenvalue weighted by Crippen LogP contribution is -2.48. The van der Waals surface area contributed by atoms with Crippen LogP contribution in [0.5, 0.6) is 5.75 Å². The maximum atomic E-state index is 12.8. The minimum Gasteiger partial charge on any atom is -0.497 e. The fraction of sp³-hybridized carbons (Fsp3) is 0.364. The summed E-state index contributed by atoms with van der Waals surface area (Å²) in [4.78, 5) is 19.5. The molecule has 3 aromatic rings. The van der Waals surface area contributed by atoms with Crippen LogP contribution in [0.25, 0.3) is 16.7 Å². The van der Waals surface area contributed by atoms with Crippen molar-refractivity contribution in [2.75, 3.05) is 26.0 Å². The van der Waals surface area contributed by atoms with Gasteiger partial charge in [0.15, 0.2) is 5.16 Å². The van der Waals surface area contributed by atoms with Crippen LogP contribution in [0.4, 0.5) is 0 Å². The smallest absolute Gasteiger partial charge is 0.233 e. The Kier molecular flexibility index (Phi) is 5.78. The number of nitrogens with zero attached hydrogens (tertiary/aromatic N) is 3. The number of para-hydroxylation sites is 2. The summed E-state index contributed by atoms with van der Waals surface area (Å²) in [6, 6.07) is 15.9. The molecule has 2 heterocycles. The van der Waals surface area contributed by atoms with Gasteiger partial charge in [0.2, 0.25) is 5.91 Å². The Morgan fingerprint density at radius 1 is 1.14 bits per heavy atom. The summed E-state index contributed by atoms with van der Waals surface area (Å²) >= 11 is 1.47. The van der Waals surface area contributed by atoms with Gasteiger partial charge in [-0.05, 0) is 50.2 Å². The van der Waals surface area contributed by atoms with E-state index in [1.807, 2.05) is 67.3 Å². The van der Waals surface area contributed by atoms with Crippen LogP contribution < -0.4 is 4.74 Å². The summed E-state index contributed by atoms with van der Waals surface area (Å²) in [7, 11) is 1.65. The fourth-order valence-electron chi connectivity index (χ4n) is 3.68. The Bertz CT molecular complexity index is 992. The average molecular weight is 412 g/mol. The average Bonchev–Trinajstić information content (AvgIpc) is 3.09. The normalized spacial score (nSPS) is 19.5. The highest BCUT2D eigenvalue weighted by molar-refractivity contribution is 7.99. The van der Waals surface area contributed by atoms with E-state index in [0.29, 0.717) is 18.8 Å². The molecule has 0 aliphatic carbocycles. The molecular formula is C22H25N3O3S. The molecule has 6 nitrogen and oxygen atoms in total. The molecule has 1 amide bonds. The lowest BCUT2D eigenvalue weighted by atomic mass is 10.2. The number of amides is 1. The molecule has 0 N–H and O–H groups in total. The van der Waals surface area contributed by atoms with Crippen molar-refractivity contribution in [3.63, 3.8) is 0 Å². The van der Waals surface area contributed by atoms with Crippen LogP contribution in [0.15, 0.2) is 53.7 Å². The molecule has 1 aliphatic rings. The highest BCUT2D eigenvalue weighted by atomic mass is 32.2. The van der Waals surface area contributed by atoms with Crippen LogP contribution in [-0.4, -0.2) is 58.5 Å². The van der Waals surface area contributed by atoms with Crippen LogP contribution in [0.2, 0.25) is 0 Å². The standard InChI is InChI=1S/C22H25N3O3S/c1-15-12-24(13-16(2)28-15)21(26)14-29-22-23-19-6-4-5-7-20(19)25(22)17-8-10-18(27-3)11-9-17/h4-11,15-16H,12-14H2,1-3H3/t15-,16-/m1/s1. The molecule has 0 bridgehead atoms. The number of fused-ring (bicyclic) bond motifs is 1. The van der Waals surface area contributed by atoms with Gasteiger partial charge in [-0.3, -0.25) is 9.36 Å². The van der Waals surface area contributed by atoms with Crippen LogP contribution >= 0.6 is 11.8 Å². The Morgan fingerprint density at radius 2 is 1.83 bits per heavy atom. The second-order valence-electron chi connectivity index (χ2n) is 7.26. The van der Waals surface area contributed by atoms with E-state index in [4.69, 9.17) is 14.5 Å². The van der Waals surface area contributed by atoms with Gasteiger partial charge >= 0.3 is 0 Å². The van der Waals surface area contributed by atoms with Crippen molar-refractivity contribution in [3.05, 3.63) is 48.5 Å². The Balaban J connectivity index is 1.59. The van der Waals surface area contributed by atoms with Gasteiger partial charge in [0.05, 0.1) is 36.1 Å². The lowest BCUT2D eigenvalue weighted by Gasteiger charge is -2.35. The summed E-state index contributed by atoms with van der Waals surface area (Å²) < 4.78 is 13.1. The van der Waals surface area contributed by atoms with E-state index in [2.05, 4.69) is 4.57 Å². The van der Waals surface area contributed by atoms with Gasteiger partial charge in [-0.1, -0.05) is 23.9 Å². The van der Waals surface area contributed by atoms with Crippen LogP contribution in [0.3, 0.4) is 0 Å². The number of ether oxygens (including phenoxy) is 2. The van der Waals surface area contributed by atoms with Gasteiger partial charge in [-0.25, -0.2) is 4.98 Å². The molecule has 0 radical (unpaired) electrons. The summed E-state index contributed by atoms with van der Waals surface area (Å²) in [5.74, 6) is 1.27. The van der Waals surface area contributed by atoms with E-state index in [-0.39, 0.29) is 18.1 Å². The van der Waals surface area contributed by atoms with Gasteiger partial charge in [0, 0.05) is 18.8 Å². The third kappa shape index (κ3) is 4.26. The molecule has 2 atom stereocenters. The summed E-state index contributed by atoms with van der Waals surface area (Å²) in [6.07, 6.45) is 0.133. The second-order valence-corrected chi connectivity index (χ2v) is 8.20. The van der Waals surface area contributed by atoms with E-state index in [1.54, 1.807) is 7.11 Å². The third-order valence-corrected chi connectivity index (χ3v) is 5.88. The molecule has 152 valence electrons. The minimum absolute atomic E-state index is 0.0663. The molecule has 0 unspecified atom stereocenters. The summed E-state index contributed by atoms with van der Waals surface area (Å²) in [5.41, 5.74) is 2.91. The van der Waals surface area contributed by atoms with Crippen molar-refractivity contribution < 1.29 is 14.3 Å². The maximum absolute atomic E-state index is 12.8. The van der Waals surface area contributed by atoms with Crippen LogP contribution in [-0.2, 0) is 9.53 Å². The van der Waals surface area contributed by atoms with E-state index in [9.17, 15) is 4.79 Å². The number of benzene rings is 2. The van der Waals surface area contributed by atoms with Gasteiger partial charge in [-0.15, -0.1) is 0 Å². The first-order chi connectivity index (χ1) is 14.0. The van der Waals surface area contributed by atoms with E-state index >= 15 is 0 Å². The Labute approximate surface area is 174 Å². The maximum Gasteiger partial charge on any atom is 0.233 e. The van der Waals surface area contributed by atoms with Crippen molar-refractivity contribution in [2.24, 2.45) is 0 Å². The molecule has 1 saturated heterocycles. The number of morpholine rings is 1. The van der Waals surface area contributed by atoms with Gasteiger partial charge in [0.25, 0.3) is 0 Å². The number of hydrogen-bond donors (Lipinski definition) is 0. The van der Waals surface area contributed by atoms with Crippen LogP contribution in [0, 0.1) is 0 Å². The van der Waals surface area contributed by atoms with Crippen molar-refractivity contribution in [3.8, 4) is 11.4 Å². The first-order valence-electron chi connectivity index (χ1n) is 9.73. The highest BCUT2D eigenvalue weighted by Crippen LogP contribution is 2.29. The zero-order chi connectivity index (χ0) is 20.4. The number of hydrogen-bond acceptors (Lipinski definition) is 5. The topological polar surface area (TPSA) is 56.6 Å². The quantitative estimate of drug-likeness (QED) is 0.599. The monoisotopic (exact) mass is 411 g/mol. The molecule has 0 spiro atoms. The molecule has 1 aliphatic heterocycles. The predicted octanol–water partition coefficient (Wildman–Crippen LogP) is 3.76. The predicted molar refractivity (Wildman–Crippen MR) is 115 cm³/mol. The zero-order valence-electron chi connectivity index (χ0n) is 16.9. The molecule has 7 heteroatoms. The van der Waals surface area contributed by atoms with Crippen molar-refractivity contribution in [1.82, 2.24) is 14.5 Å². The van der Waals surface area contributed by atoms with Gasteiger partial charge in [0.1, 0.15) is 5.75 Å². The van der Waals surface area contributed by atoms with Gasteiger partial charge < -0.3 is 14.4 Å². The zero-order valence-corrected chi connectivity index (χ0v) is 17.7. The number of aromatic nitrogens is 2. The number of carbonyl (C=O) groups excluding carboxylic acids is 1. The first-order valence-corrected chi connectivity index (χ1v) is 10.7. The van der Waals surface area contributed by atoms with Crippen molar-refractivity contribution in [2.45, 2.75) is 31.2 Å². The minimum atomic E-state index is 0.0663. The second kappa shape index (κ2) is 8.47. The molecular weight excluding hydrogens is 386 g/mol. The lowest BCUT2D eigenvalue weighted by molar-refractivity contribution is -0.140. The number of carbonyl (C=O) groups is 1. The third-order valence-electron chi connectivity index (χ3n) is 4.96. The molecule has 4 rings (SSSR count). The Morgan fingerprint density at radius 3 is 2.52 bits per heavy atom. The van der Waals surface area contributed by atoms with E-state index < -0.39 is 0 Å². The van der Waals surface area contributed by atoms with Crippen molar-refractivity contribution >= 4 is 28.7 Å². The fourth-order valence-corrected chi connectivity index (χ4v) is 4.61. The van der Waals surface area contributed by atoms with Crippen LogP contribution in [0.1, 0.15) is 13.8 Å². The number of methoxy groups -OCH3 is 1. The SMILES string of the molecule is COc1ccc(-n2c(SCC(=O)N3C[C@@H](C)O[C@H](C)C3)nc3ccccc32)cc1. The van der Waals surface area contributed by atoms with Gasteiger partial charge in [-0.2, -0.15) is 0 Å². The van der Waals surface area contributed by atoms with Crippen molar-refractivity contribution in [1.29, 1.82) is 0 Å². The number of imidazole rings is 1. The molecule has 0 saturated carbocycles. The number of thioether (sulfide) groups is 1. The van der Waals surface area contributed by atoms with E-state index in [0.717, 1.165) is 27.6 Å². The molecule has 1 fully saturated rings. The Hall–Kier alpha value is -2.51. The molecule has 29 heavy (non-hydrogen) atoms. The largest absolute Gasteiger partial charge is 0.497 e. The molecule has 2 aromatic carbocycles. The van der Waals surface area contributed by atoms with E-state index in [1.165, 1.54) is 11.8 Å². The highest BCUT2D eigenvalue weighted by Gasteiger charge is 2.26. The summed E-state index contributed by atoms with van der Waals surface area (Å²) in [5, 5.41) is 0.805. The first kappa shape index (κ1) is 19.8. The summed E-state index contributed by atoms with van der Waals surface area (Å²) in [6.45, 7) is 5.29. The number of rotatable bonds is 5.